The number of alkyl halides is 4. The normalized spacial score (nSPS) is 13.3. The highest BCUT2D eigenvalue weighted by atomic mass is 32.2. The lowest BCUT2D eigenvalue weighted by atomic mass is 10.1. The van der Waals surface area contributed by atoms with Crippen molar-refractivity contribution in [2.45, 2.75) is 138 Å². The fraction of sp³-hybridized carbons (Fsp3) is 0.333. The van der Waals surface area contributed by atoms with Gasteiger partial charge in [-0.3, -0.25) is 19.6 Å². The largest absolute Gasteiger partial charge is 0.395 e. The predicted molar refractivity (Wildman–Crippen MR) is 474 cm³/mol. The highest BCUT2D eigenvalue weighted by molar-refractivity contribution is 7.90. The SMILES string of the molecule is CCN(CCO)Cc1cc(Cc2cccc(C)c2)n(-c2ccc(S(N)(=O)=O)cc2F)n1.COCCN(C)Cc1cc(Cc2cccc(C)c2)n(-c2ccc(S(N)(=O)=O)cc2F)n1.Cc1cccc(Cc2cc(CN(CCO)CC(C)(F)F)nn2-c2ccc(S(N)(=O)=O)cc2F)c1.Cc1cccc(Cc2cc(CN3CCC(F)(F)CC3)nn2-c2ccc(S(N)(=O)=O)cc2F)c1. The lowest BCUT2D eigenvalue weighted by molar-refractivity contribution is -0.0568. The predicted octanol–water partition coefficient (Wildman–Crippen LogP) is 11.8. The van der Waals surface area contributed by atoms with E-state index in [2.05, 4.69) is 37.4 Å². The number of methoxy groups -OCH3 is 1. The van der Waals surface area contributed by atoms with Gasteiger partial charge in [0, 0.05) is 134 Å². The molecule has 12 aromatic rings. The summed E-state index contributed by atoms with van der Waals surface area (Å²) in [6.07, 6.45) is 1.50. The van der Waals surface area contributed by atoms with Crippen LogP contribution in [0.3, 0.4) is 0 Å². The molecule has 39 heteroatoms. The topological polar surface area (TPSA) is 375 Å². The van der Waals surface area contributed by atoms with Crippen LogP contribution in [0.15, 0.2) is 214 Å². The first kappa shape index (κ1) is 101. The number of halogens is 8. The van der Waals surface area contributed by atoms with Gasteiger partial charge in [0.15, 0.2) is 0 Å². The number of hydrogen-bond donors (Lipinski definition) is 6. The molecule has 27 nitrogen and oxygen atoms in total. The highest BCUT2D eigenvalue weighted by Crippen LogP contribution is 2.32. The number of rotatable bonds is 34. The smallest absolute Gasteiger partial charge is 0.257 e. The van der Waals surface area contributed by atoms with Crippen molar-refractivity contribution < 1.29 is 83.7 Å². The molecule has 1 fully saturated rings. The average Bonchev–Trinajstić information content (AvgIpc) is 1.70. The van der Waals surface area contributed by atoms with Gasteiger partial charge in [-0.1, -0.05) is 126 Å². The number of piperidine rings is 1. The lowest BCUT2D eigenvalue weighted by Gasteiger charge is -2.31. The van der Waals surface area contributed by atoms with Crippen molar-refractivity contribution in [3.8, 4) is 22.7 Å². The first-order valence-electron chi connectivity index (χ1n) is 40.9. The van der Waals surface area contributed by atoms with E-state index in [4.69, 9.17) is 25.3 Å². The molecule has 0 spiro atoms. The van der Waals surface area contributed by atoms with Crippen LogP contribution in [0, 0.1) is 51.0 Å². The Morgan fingerprint density at radius 1 is 0.434 bits per heavy atom. The third-order valence-electron chi connectivity index (χ3n) is 20.7. The van der Waals surface area contributed by atoms with Crippen molar-refractivity contribution in [3.63, 3.8) is 0 Å². The number of benzene rings is 8. The molecule has 13 rings (SSSR count). The van der Waals surface area contributed by atoms with Gasteiger partial charge in [0.1, 0.15) is 46.0 Å². The zero-order valence-electron chi connectivity index (χ0n) is 72.5. The quantitative estimate of drug-likeness (QED) is 0.0204. The molecule has 1 aliphatic rings. The number of likely N-dealkylation sites (N-methyl/N-ethyl adjacent to an activating group) is 2. The Labute approximate surface area is 746 Å². The molecule has 0 atom stereocenters. The summed E-state index contributed by atoms with van der Waals surface area (Å²) in [6.45, 7) is 14.4. The molecule has 4 aromatic heterocycles. The fourth-order valence-electron chi connectivity index (χ4n) is 14.6. The third-order valence-corrected chi connectivity index (χ3v) is 24.4. The molecule has 0 saturated carbocycles. The van der Waals surface area contributed by atoms with Crippen molar-refractivity contribution in [1.29, 1.82) is 0 Å². The number of aliphatic hydroxyl groups is 2. The molecule has 129 heavy (non-hydrogen) atoms. The maximum absolute atomic E-state index is 14.9. The zero-order chi connectivity index (χ0) is 94.1. The molecule has 0 unspecified atom stereocenters. The average molecular weight is 1870 g/mol. The number of aliphatic hydroxyl groups excluding tert-OH is 2. The maximum Gasteiger partial charge on any atom is 0.257 e. The van der Waals surface area contributed by atoms with Gasteiger partial charge >= 0.3 is 0 Å². The van der Waals surface area contributed by atoms with Crippen molar-refractivity contribution in [1.82, 2.24) is 58.7 Å². The molecule has 692 valence electrons. The summed E-state index contributed by atoms with van der Waals surface area (Å²) in [4.78, 5) is 6.09. The second-order valence-corrected chi connectivity index (χ2v) is 38.2. The van der Waals surface area contributed by atoms with Gasteiger partial charge in [0.05, 0.1) is 68.7 Å². The lowest BCUT2D eigenvalue weighted by Crippen LogP contribution is -2.38. The number of likely N-dealkylation sites (tertiary alicyclic amines) is 1. The van der Waals surface area contributed by atoms with Gasteiger partial charge in [0.25, 0.3) is 11.8 Å². The van der Waals surface area contributed by atoms with Gasteiger partial charge in [-0.2, -0.15) is 20.4 Å². The summed E-state index contributed by atoms with van der Waals surface area (Å²) in [5.41, 5.74) is 14.2. The second-order valence-electron chi connectivity index (χ2n) is 31.9. The van der Waals surface area contributed by atoms with E-state index in [1.54, 1.807) is 13.2 Å². The molecule has 1 aliphatic heterocycles. The summed E-state index contributed by atoms with van der Waals surface area (Å²) in [5.74, 6) is -8.68. The maximum atomic E-state index is 14.9. The van der Waals surface area contributed by atoms with E-state index in [9.17, 15) is 79.0 Å². The first-order chi connectivity index (χ1) is 60.7. The van der Waals surface area contributed by atoms with Gasteiger partial charge in [-0.15, -0.1) is 0 Å². The number of hydrogen-bond acceptors (Lipinski definition) is 19. The van der Waals surface area contributed by atoms with Crippen LogP contribution in [0.5, 0.6) is 0 Å². The molecule has 0 aliphatic carbocycles. The Hall–Kier alpha value is -10.6. The summed E-state index contributed by atoms with van der Waals surface area (Å²) in [6, 6.07) is 52.9. The Morgan fingerprint density at radius 2 is 0.729 bits per heavy atom. The van der Waals surface area contributed by atoms with Crippen LogP contribution in [0.2, 0.25) is 0 Å². The number of nitrogens with zero attached hydrogens (tertiary/aromatic N) is 12. The number of aromatic nitrogens is 8. The second kappa shape index (κ2) is 43.9. The summed E-state index contributed by atoms with van der Waals surface area (Å²) in [5, 5.41) is 57.2. The molecule has 0 amide bonds. The van der Waals surface area contributed by atoms with Crippen LogP contribution in [-0.4, -0.2) is 194 Å². The summed E-state index contributed by atoms with van der Waals surface area (Å²) < 4.78 is 217. The van der Waals surface area contributed by atoms with E-state index >= 15 is 0 Å². The number of aryl methyl sites for hydroxylation is 4. The Balaban J connectivity index is 0.000000179. The van der Waals surface area contributed by atoms with Gasteiger partial charge < -0.3 is 14.9 Å². The molecule has 8 aromatic carbocycles. The summed E-state index contributed by atoms with van der Waals surface area (Å²) >= 11 is 0. The van der Waals surface area contributed by atoms with Gasteiger partial charge in [-0.05, 0) is 161 Å². The molecule has 0 bridgehead atoms. The molecule has 5 heterocycles. The van der Waals surface area contributed by atoms with E-state index in [-0.39, 0.29) is 94.6 Å². The van der Waals surface area contributed by atoms with E-state index in [0.717, 1.165) is 112 Å². The molecule has 10 N–H and O–H groups in total. The van der Waals surface area contributed by atoms with Crippen molar-refractivity contribution >= 4 is 40.1 Å². The minimum absolute atomic E-state index is 0.00386. The minimum atomic E-state index is -4.09. The molecule has 0 radical (unpaired) electrons. The molecule has 1 saturated heterocycles. The number of ether oxygens (including phenoxy) is 1. The standard InChI is InChI=1S/C23H27F3N4O3S.C23H25F3N4O2S.2C22H27FN4O3S/c1-16-4-3-5-17(10-16)11-19-12-18(14-29(8-9-31)15-23(2,25)26)28-30(19)22-7-6-20(13-21(22)24)34(27,32)33;1-16-3-2-4-17(11-16)12-19-13-18(15-29-9-7-23(25,26)8-10-29)28-30(19)22-6-5-20(14-21(22)24)33(27,31)32;1-16-5-4-6-17(11-16)12-19-13-18(15-26(2)9-10-30-3)25-27(19)22-8-7-20(14-21(22)23)31(24,28)29;1-3-26(9-10-28)15-18-13-19(12-17-6-4-5-16(2)11-17)27(25-18)22-8-7-20(14-21(22)23)31(24,29)30/h3-7,10,12-13,31H,8-9,11,14-15H2,1-2H3,(H2,27,32,33);2-6,11,13-14H,7-10,12,15H2,1H3,(H2,27,31,32);4-8,11,13-14H,9-10,12,15H2,1-3H3,(H2,24,28,29);4-8,11,13-14,28H,3,9-10,12,15H2,1-2H3,(H2,24,29,30). The van der Waals surface area contributed by atoms with Crippen LogP contribution >= 0.6 is 0 Å². The Morgan fingerprint density at radius 3 is 1.01 bits per heavy atom. The van der Waals surface area contributed by atoms with Crippen molar-refractivity contribution in [2.75, 3.05) is 79.8 Å². The van der Waals surface area contributed by atoms with Gasteiger partial charge in [-0.25, -0.2) is 108 Å². The van der Waals surface area contributed by atoms with E-state index < -0.39 is 81.8 Å². The fourth-order valence-corrected chi connectivity index (χ4v) is 16.7. The van der Waals surface area contributed by atoms with Crippen LogP contribution in [-0.2, 0) is 96.7 Å². The Bertz CT molecular complexity index is 6360. The molecular formula is C90H106F8N16O11S4. The number of nitrogens with two attached hydrogens (primary N) is 4. The molecular weight excluding hydrogens is 1760 g/mol. The van der Waals surface area contributed by atoms with Crippen LogP contribution < -0.4 is 20.6 Å². The Kier molecular flexibility index (Phi) is 34.2. The van der Waals surface area contributed by atoms with Crippen molar-refractivity contribution in [2.24, 2.45) is 20.6 Å². The van der Waals surface area contributed by atoms with E-state index in [1.165, 1.54) is 72.2 Å². The van der Waals surface area contributed by atoms with E-state index in [0.29, 0.717) is 81.2 Å². The van der Waals surface area contributed by atoms with Crippen LogP contribution in [0.4, 0.5) is 35.1 Å². The number of sulfonamides is 4. The van der Waals surface area contributed by atoms with E-state index in [1.807, 2.05) is 155 Å². The summed E-state index contributed by atoms with van der Waals surface area (Å²) in [7, 11) is -12.5. The third kappa shape index (κ3) is 29.5. The minimum Gasteiger partial charge on any atom is -0.395 e. The van der Waals surface area contributed by atoms with Crippen molar-refractivity contribution in [3.05, 3.63) is 307 Å². The van der Waals surface area contributed by atoms with Crippen LogP contribution in [0.1, 0.15) is 117 Å². The monoisotopic (exact) mass is 1870 g/mol. The van der Waals surface area contributed by atoms with Gasteiger partial charge in [0.2, 0.25) is 40.1 Å². The first-order valence-corrected chi connectivity index (χ1v) is 47.1. The number of primary sulfonamides is 4. The zero-order valence-corrected chi connectivity index (χ0v) is 75.8. The highest BCUT2D eigenvalue weighted by Gasteiger charge is 2.35. The van der Waals surface area contributed by atoms with Crippen LogP contribution in [0.25, 0.3) is 22.7 Å².